The molecule has 2 aliphatic rings. The van der Waals surface area contributed by atoms with E-state index in [1.54, 1.807) is 0 Å². The molecule has 0 bridgehead atoms. The van der Waals surface area contributed by atoms with E-state index in [9.17, 15) is 9.59 Å². The number of fused-ring (bicyclic) bond motifs is 1. The number of aromatic amines is 1. The van der Waals surface area contributed by atoms with Gasteiger partial charge < -0.3 is 15.4 Å². The van der Waals surface area contributed by atoms with Crippen molar-refractivity contribution in [2.75, 3.05) is 25.1 Å². The van der Waals surface area contributed by atoms with Crippen molar-refractivity contribution in [3.8, 4) is 5.75 Å². The van der Waals surface area contributed by atoms with Gasteiger partial charge in [-0.05, 0) is 31.2 Å². The minimum Gasteiger partial charge on any atom is -0.492 e. The summed E-state index contributed by atoms with van der Waals surface area (Å²) in [6.07, 6.45) is 3.55. The summed E-state index contributed by atoms with van der Waals surface area (Å²) in [5, 5.41) is 0.132. The van der Waals surface area contributed by atoms with Crippen LogP contribution in [0.1, 0.15) is 38.6 Å². The van der Waals surface area contributed by atoms with Crippen molar-refractivity contribution < 1.29 is 9.13 Å². The van der Waals surface area contributed by atoms with Gasteiger partial charge in [0.05, 0.1) is 12.5 Å². The van der Waals surface area contributed by atoms with Crippen molar-refractivity contribution in [2.24, 2.45) is 11.7 Å². The lowest BCUT2D eigenvalue weighted by molar-refractivity contribution is 0.337. The molecule has 0 amide bonds. The lowest BCUT2D eigenvalue weighted by atomic mass is 9.89. The van der Waals surface area contributed by atoms with Crippen molar-refractivity contribution >= 4 is 16.6 Å². The Morgan fingerprint density at radius 2 is 2.07 bits per heavy atom. The molecule has 1 aliphatic heterocycles. The molecule has 27 heavy (non-hydrogen) atoms. The van der Waals surface area contributed by atoms with Crippen LogP contribution in [0.3, 0.4) is 0 Å². The molecule has 2 atom stereocenters. The van der Waals surface area contributed by atoms with E-state index >= 15 is 4.39 Å². The van der Waals surface area contributed by atoms with Gasteiger partial charge in [0.15, 0.2) is 11.6 Å². The van der Waals surface area contributed by atoms with E-state index in [1.807, 2.05) is 4.90 Å². The molecule has 1 saturated heterocycles. The molecular weight excluding hydrogens is 351 g/mol. The molecule has 1 aromatic carbocycles. The average Bonchev–Trinajstić information content (AvgIpc) is 3.46. The maximum atomic E-state index is 15.1. The van der Waals surface area contributed by atoms with Gasteiger partial charge in [-0.3, -0.25) is 14.3 Å². The van der Waals surface area contributed by atoms with Crippen LogP contribution in [0.5, 0.6) is 5.75 Å². The summed E-state index contributed by atoms with van der Waals surface area (Å²) in [5.41, 5.74) is 5.87. The first kappa shape index (κ1) is 18.0. The Kier molecular flexibility index (Phi) is 4.46. The number of nitrogens with zero attached hydrogens (tertiary/aromatic N) is 2. The van der Waals surface area contributed by atoms with E-state index in [-0.39, 0.29) is 28.9 Å². The molecule has 7 nitrogen and oxygen atoms in total. The number of aromatic nitrogens is 2. The quantitative estimate of drug-likeness (QED) is 0.848. The van der Waals surface area contributed by atoms with Crippen LogP contribution >= 0.6 is 0 Å². The van der Waals surface area contributed by atoms with Crippen LogP contribution in [0, 0.1) is 11.7 Å². The molecule has 2 heterocycles. The van der Waals surface area contributed by atoms with Gasteiger partial charge in [-0.2, -0.15) is 0 Å². The zero-order chi connectivity index (χ0) is 19.3. The number of methoxy groups -OCH3 is 1. The number of anilines is 1. The normalized spacial score (nSPS) is 23.0. The minimum absolute atomic E-state index is 0.0112. The lowest BCUT2D eigenvalue weighted by Gasteiger charge is -2.38. The number of benzene rings is 1. The lowest BCUT2D eigenvalue weighted by Crippen LogP contribution is -2.48. The first-order chi connectivity index (χ1) is 13.0. The maximum absolute atomic E-state index is 15.1. The summed E-state index contributed by atoms with van der Waals surface area (Å²) in [6.45, 7) is 3.27. The van der Waals surface area contributed by atoms with Crippen LogP contribution in [0.15, 0.2) is 15.7 Å². The molecule has 1 aromatic heterocycles. The molecule has 0 radical (unpaired) electrons. The van der Waals surface area contributed by atoms with Crippen LogP contribution in [0.25, 0.3) is 10.9 Å². The topological polar surface area (TPSA) is 93.3 Å². The molecule has 2 unspecified atom stereocenters. The fourth-order valence-corrected chi connectivity index (χ4v) is 4.25. The number of hydrogen-bond donors (Lipinski definition) is 2. The molecule has 8 heteroatoms. The molecule has 1 saturated carbocycles. The largest absolute Gasteiger partial charge is 0.492 e. The summed E-state index contributed by atoms with van der Waals surface area (Å²) < 4.78 is 22.2. The molecule has 0 spiro atoms. The predicted octanol–water partition coefficient (Wildman–Crippen LogP) is 1.74. The Hall–Kier alpha value is -2.35. The maximum Gasteiger partial charge on any atom is 0.329 e. The second kappa shape index (κ2) is 6.67. The second-order valence-electron chi connectivity index (χ2n) is 7.56. The number of nitrogens with two attached hydrogens (primary N) is 1. The molecule has 1 aliphatic carbocycles. The standard InChI is InChI=1S/C19H25FN4O3/c1-3-10-6-7-23(9-14(10)21)16-13(20)8-12-15(17(16)27-2)24(11-4-5-11)19(26)22-18(12)25/h8,10-11,14H,3-7,9,21H2,1-2H3,(H,22,25,26). The molecule has 3 N–H and O–H groups in total. The van der Waals surface area contributed by atoms with Crippen molar-refractivity contribution in [3.63, 3.8) is 0 Å². The first-order valence-corrected chi connectivity index (χ1v) is 9.51. The van der Waals surface area contributed by atoms with Gasteiger partial charge in [0.2, 0.25) is 0 Å². The molecule has 2 fully saturated rings. The van der Waals surface area contributed by atoms with Gasteiger partial charge in [0.1, 0.15) is 11.2 Å². The van der Waals surface area contributed by atoms with Crippen LogP contribution in [0.4, 0.5) is 10.1 Å². The SMILES string of the molecule is CCC1CCN(c2c(F)cc3c(=O)[nH]c(=O)n(C4CC4)c3c2OC)CC1N. The van der Waals surface area contributed by atoms with Crippen LogP contribution < -0.4 is 26.6 Å². The first-order valence-electron chi connectivity index (χ1n) is 9.51. The van der Waals surface area contributed by atoms with Gasteiger partial charge in [-0.15, -0.1) is 0 Å². The third-order valence-electron chi connectivity index (χ3n) is 5.87. The fraction of sp³-hybridized carbons (Fsp3) is 0.579. The van der Waals surface area contributed by atoms with E-state index in [0.29, 0.717) is 24.5 Å². The van der Waals surface area contributed by atoms with Crippen LogP contribution in [-0.4, -0.2) is 35.8 Å². The van der Waals surface area contributed by atoms with E-state index in [1.165, 1.54) is 17.7 Å². The minimum atomic E-state index is -0.600. The van der Waals surface area contributed by atoms with Crippen LogP contribution in [-0.2, 0) is 0 Å². The highest BCUT2D eigenvalue weighted by Crippen LogP contribution is 2.43. The predicted molar refractivity (Wildman–Crippen MR) is 102 cm³/mol. The zero-order valence-corrected chi connectivity index (χ0v) is 15.6. The molecular formula is C19H25FN4O3. The second-order valence-corrected chi connectivity index (χ2v) is 7.56. The number of hydrogen-bond acceptors (Lipinski definition) is 5. The number of halogens is 1. The highest BCUT2D eigenvalue weighted by Gasteiger charge is 2.33. The Labute approximate surface area is 155 Å². The number of ether oxygens (including phenoxy) is 1. The van der Waals surface area contributed by atoms with Crippen molar-refractivity contribution in [1.82, 2.24) is 9.55 Å². The zero-order valence-electron chi connectivity index (χ0n) is 15.6. The van der Waals surface area contributed by atoms with Crippen molar-refractivity contribution in [1.29, 1.82) is 0 Å². The van der Waals surface area contributed by atoms with Gasteiger partial charge in [-0.1, -0.05) is 13.3 Å². The molecule has 4 rings (SSSR count). The monoisotopic (exact) mass is 376 g/mol. The number of nitrogens with one attached hydrogen (secondary N) is 1. The van der Waals surface area contributed by atoms with Gasteiger partial charge in [0.25, 0.3) is 5.56 Å². The van der Waals surface area contributed by atoms with Gasteiger partial charge in [0, 0.05) is 25.2 Å². The number of piperidine rings is 1. The average molecular weight is 376 g/mol. The highest BCUT2D eigenvalue weighted by atomic mass is 19.1. The third kappa shape index (κ3) is 2.92. The fourth-order valence-electron chi connectivity index (χ4n) is 4.25. The number of rotatable bonds is 4. The van der Waals surface area contributed by atoms with E-state index in [2.05, 4.69) is 11.9 Å². The smallest absolute Gasteiger partial charge is 0.329 e. The summed E-state index contributed by atoms with van der Waals surface area (Å²) in [6, 6.07) is 1.16. The third-order valence-corrected chi connectivity index (χ3v) is 5.87. The van der Waals surface area contributed by atoms with Crippen molar-refractivity contribution in [2.45, 2.75) is 44.7 Å². The van der Waals surface area contributed by atoms with E-state index in [0.717, 1.165) is 25.7 Å². The Morgan fingerprint density at radius 3 is 2.67 bits per heavy atom. The van der Waals surface area contributed by atoms with Crippen molar-refractivity contribution in [3.05, 3.63) is 32.7 Å². The Bertz CT molecular complexity index is 995. The molecule has 2 aromatic rings. The Balaban J connectivity index is 1.94. The summed E-state index contributed by atoms with van der Waals surface area (Å²) in [5.74, 6) is 0.110. The summed E-state index contributed by atoms with van der Waals surface area (Å²) in [7, 11) is 1.44. The molecule has 146 valence electrons. The van der Waals surface area contributed by atoms with Gasteiger partial charge in [-0.25, -0.2) is 9.18 Å². The van der Waals surface area contributed by atoms with Gasteiger partial charge >= 0.3 is 5.69 Å². The van der Waals surface area contributed by atoms with Crippen LogP contribution in [0.2, 0.25) is 0 Å². The van der Waals surface area contributed by atoms with E-state index in [4.69, 9.17) is 10.5 Å². The number of H-pyrrole nitrogens is 1. The summed E-state index contributed by atoms with van der Waals surface area (Å²) in [4.78, 5) is 28.9. The van der Waals surface area contributed by atoms with E-state index < -0.39 is 17.1 Å². The Morgan fingerprint density at radius 1 is 1.33 bits per heavy atom. The summed E-state index contributed by atoms with van der Waals surface area (Å²) >= 11 is 0. The highest BCUT2D eigenvalue weighted by molar-refractivity contribution is 5.91.